The standard InChI is InChI=1S/C16H22Br2O/c1-19-16-9-8-13(11-15(16)18)14(17)10-12-6-4-2-3-5-7-12/h8-9,11-12,14H,2-7,10H2,1H3. The van der Waals surface area contributed by atoms with Gasteiger partial charge in [0.25, 0.3) is 0 Å². The molecule has 0 amide bonds. The first kappa shape index (κ1) is 15.4. The SMILES string of the molecule is COc1ccc(C(Br)CC2CCCCCC2)cc1Br. The van der Waals surface area contributed by atoms with Crippen molar-refractivity contribution in [3.63, 3.8) is 0 Å². The zero-order valence-electron chi connectivity index (χ0n) is 11.5. The van der Waals surface area contributed by atoms with Gasteiger partial charge in [0.05, 0.1) is 11.6 Å². The van der Waals surface area contributed by atoms with Gasteiger partial charge < -0.3 is 4.74 Å². The second-order valence-electron chi connectivity index (χ2n) is 5.45. The fourth-order valence-electron chi connectivity index (χ4n) is 2.91. The van der Waals surface area contributed by atoms with Crippen LogP contribution >= 0.6 is 31.9 Å². The van der Waals surface area contributed by atoms with E-state index in [0.29, 0.717) is 4.83 Å². The minimum absolute atomic E-state index is 0.456. The van der Waals surface area contributed by atoms with Gasteiger partial charge in [0, 0.05) is 4.83 Å². The second kappa shape index (κ2) is 7.68. The molecule has 2 rings (SSSR count). The molecule has 0 heterocycles. The Hall–Kier alpha value is -0.0200. The summed E-state index contributed by atoms with van der Waals surface area (Å²) in [5, 5.41) is 0. The summed E-state index contributed by atoms with van der Waals surface area (Å²) in [7, 11) is 1.71. The Balaban J connectivity index is 1.98. The number of methoxy groups -OCH3 is 1. The first-order chi connectivity index (χ1) is 9.20. The molecule has 0 aliphatic heterocycles. The predicted molar refractivity (Wildman–Crippen MR) is 88.2 cm³/mol. The van der Waals surface area contributed by atoms with Crippen molar-refractivity contribution in [1.82, 2.24) is 0 Å². The molecule has 1 aliphatic rings. The van der Waals surface area contributed by atoms with Gasteiger partial charge in [0.15, 0.2) is 0 Å². The van der Waals surface area contributed by atoms with Crippen LogP contribution in [0.3, 0.4) is 0 Å². The van der Waals surface area contributed by atoms with Gasteiger partial charge in [0.1, 0.15) is 5.75 Å². The summed E-state index contributed by atoms with van der Waals surface area (Å²) in [4.78, 5) is 0.456. The van der Waals surface area contributed by atoms with Crippen molar-refractivity contribution in [2.24, 2.45) is 5.92 Å². The fraction of sp³-hybridized carbons (Fsp3) is 0.625. The van der Waals surface area contributed by atoms with E-state index in [-0.39, 0.29) is 0 Å². The molecule has 1 aromatic rings. The lowest BCUT2D eigenvalue weighted by molar-refractivity contribution is 0.411. The van der Waals surface area contributed by atoms with Crippen molar-refractivity contribution in [1.29, 1.82) is 0 Å². The molecule has 1 aliphatic carbocycles. The van der Waals surface area contributed by atoms with Crippen LogP contribution in [0.2, 0.25) is 0 Å². The van der Waals surface area contributed by atoms with E-state index in [9.17, 15) is 0 Å². The van der Waals surface area contributed by atoms with Crippen LogP contribution in [0.25, 0.3) is 0 Å². The summed E-state index contributed by atoms with van der Waals surface area (Å²) in [5.41, 5.74) is 1.34. The lowest BCUT2D eigenvalue weighted by Crippen LogP contribution is -2.03. The molecule has 1 atom stereocenters. The van der Waals surface area contributed by atoms with E-state index in [1.807, 2.05) is 6.07 Å². The topological polar surface area (TPSA) is 9.23 Å². The van der Waals surface area contributed by atoms with Gasteiger partial charge in [-0.3, -0.25) is 0 Å². The quantitative estimate of drug-likeness (QED) is 0.436. The summed E-state index contributed by atoms with van der Waals surface area (Å²) in [6, 6.07) is 6.38. The highest BCUT2D eigenvalue weighted by Crippen LogP contribution is 2.38. The Kier molecular flexibility index (Phi) is 6.21. The minimum atomic E-state index is 0.456. The van der Waals surface area contributed by atoms with Crippen LogP contribution in [0, 0.1) is 5.92 Å². The molecule has 0 N–H and O–H groups in total. The monoisotopic (exact) mass is 388 g/mol. The van der Waals surface area contributed by atoms with Crippen LogP contribution < -0.4 is 4.74 Å². The zero-order chi connectivity index (χ0) is 13.7. The highest BCUT2D eigenvalue weighted by atomic mass is 79.9. The normalized spacial score (nSPS) is 18.9. The number of alkyl halides is 1. The van der Waals surface area contributed by atoms with Gasteiger partial charge in [-0.15, -0.1) is 0 Å². The van der Waals surface area contributed by atoms with Crippen molar-refractivity contribution in [3.8, 4) is 5.75 Å². The average Bonchev–Trinajstić information content (AvgIpc) is 2.67. The Labute approximate surface area is 133 Å². The molecule has 1 unspecified atom stereocenters. The number of hydrogen-bond acceptors (Lipinski definition) is 1. The third-order valence-electron chi connectivity index (χ3n) is 4.05. The smallest absolute Gasteiger partial charge is 0.133 e. The average molecular weight is 390 g/mol. The number of halogens is 2. The van der Waals surface area contributed by atoms with Crippen LogP contribution in [0.5, 0.6) is 5.75 Å². The Morgan fingerprint density at radius 2 is 1.89 bits per heavy atom. The van der Waals surface area contributed by atoms with E-state index in [2.05, 4.69) is 44.0 Å². The summed E-state index contributed by atoms with van der Waals surface area (Å²) in [6.07, 6.45) is 9.74. The molecule has 0 aromatic heterocycles. The first-order valence-corrected chi connectivity index (χ1v) is 8.89. The van der Waals surface area contributed by atoms with Crippen molar-refractivity contribution < 1.29 is 4.74 Å². The van der Waals surface area contributed by atoms with Crippen molar-refractivity contribution in [2.45, 2.75) is 49.8 Å². The van der Waals surface area contributed by atoms with Crippen molar-refractivity contribution in [3.05, 3.63) is 28.2 Å². The van der Waals surface area contributed by atoms with Gasteiger partial charge in [-0.25, -0.2) is 0 Å². The first-order valence-electron chi connectivity index (χ1n) is 7.18. The number of rotatable bonds is 4. The molecule has 1 aromatic carbocycles. The maximum atomic E-state index is 5.28. The molecular weight excluding hydrogens is 368 g/mol. The molecule has 3 heteroatoms. The predicted octanol–water partition coefficient (Wildman–Crippen LogP) is 6.25. The van der Waals surface area contributed by atoms with Gasteiger partial charge >= 0.3 is 0 Å². The van der Waals surface area contributed by atoms with Gasteiger partial charge in [-0.1, -0.05) is 60.5 Å². The maximum Gasteiger partial charge on any atom is 0.133 e. The van der Waals surface area contributed by atoms with Crippen LogP contribution in [0.1, 0.15) is 55.3 Å². The van der Waals surface area contributed by atoms with Crippen molar-refractivity contribution >= 4 is 31.9 Å². The Bertz CT molecular complexity index is 398. The molecule has 1 saturated carbocycles. The summed E-state index contributed by atoms with van der Waals surface area (Å²) in [6.45, 7) is 0. The highest BCUT2D eigenvalue weighted by Gasteiger charge is 2.18. The maximum absolute atomic E-state index is 5.28. The van der Waals surface area contributed by atoms with Crippen LogP contribution in [-0.2, 0) is 0 Å². The molecule has 0 bridgehead atoms. The Morgan fingerprint density at radius 3 is 2.47 bits per heavy atom. The zero-order valence-corrected chi connectivity index (χ0v) is 14.7. The number of benzene rings is 1. The molecule has 0 saturated heterocycles. The fourth-order valence-corrected chi connectivity index (χ4v) is 4.28. The van der Waals surface area contributed by atoms with Gasteiger partial charge in [-0.2, -0.15) is 0 Å². The molecule has 1 fully saturated rings. The van der Waals surface area contributed by atoms with Crippen LogP contribution in [0.15, 0.2) is 22.7 Å². The minimum Gasteiger partial charge on any atom is -0.496 e. The molecular formula is C16H22Br2O. The summed E-state index contributed by atoms with van der Waals surface area (Å²) >= 11 is 7.43. The van der Waals surface area contributed by atoms with E-state index in [1.165, 1.54) is 50.5 Å². The third kappa shape index (κ3) is 4.49. The van der Waals surface area contributed by atoms with Crippen LogP contribution in [0.4, 0.5) is 0 Å². The van der Waals surface area contributed by atoms with Gasteiger partial charge in [0.2, 0.25) is 0 Å². The molecule has 19 heavy (non-hydrogen) atoms. The molecule has 0 radical (unpaired) electrons. The van der Waals surface area contributed by atoms with Crippen LogP contribution in [-0.4, -0.2) is 7.11 Å². The van der Waals surface area contributed by atoms with Gasteiger partial charge in [-0.05, 0) is 46.0 Å². The number of hydrogen-bond donors (Lipinski definition) is 0. The summed E-state index contributed by atoms with van der Waals surface area (Å²) < 4.78 is 6.32. The molecule has 0 spiro atoms. The Morgan fingerprint density at radius 1 is 1.21 bits per heavy atom. The van der Waals surface area contributed by atoms with E-state index >= 15 is 0 Å². The van der Waals surface area contributed by atoms with E-state index < -0.39 is 0 Å². The van der Waals surface area contributed by atoms with E-state index in [1.54, 1.807) is 7.11 Å². The van der Waals surface area contributed by atoms with E-state index in [0.717, 1.165) is 16.1 Å². The highest BCUT2D eigenvalue weighted by molar-refractivity contribution is 9.10. The lowest BCUT2D eigenvalue weighted by Gasteiger charge is -2.19. The largest absolute Gasteiger partial charge is 0.496 e. The summed E-state index contributed by atoms with van der Waals surface area (Å²) in [5.74, 6) is 1.78. The lowest BCUT2D eigenvalue weighted by atomic mass is 9.93. The number of ether oxygens (including phenoxy) is 1. The molecule has 1 nitrogen and oxygen atoms in total. The second-order valence-corrected chi connectivity index (χ2v) is 7.41. The molecule has 106 valence electrons. The van der Waals surface area contributed by atoms with E-state index in [4.69, 9.17) is 4.74 Å². The van der Waals surface area contributed by atoms with Crippen molar-refractivity contribution in [2.75, 3.05) is 7.11 Å². The third-order valence-corrected chi connectivity index (χ3v) is 5.57.